The zero-order valence-corrected chi connectivity index (χ0v) is 17.0. The van der Waals surface area contributed by atoms with Crippen molar-refractivity contribution < 1.29 is 14.3 Å². The van der Waals surface area contributed by atoms with Gasteiger partial charge >= 0.3 is 5.97 Å². The molecule has 0 aliphatic rings. The molecule has 2 aromatic heterocycles. The number of hydrogen-bond donors (Lipinski definition) is 0. The average Bonchev–Trinajstić information content (AvgIpc) is 3.04. The molecule has 0 aliphatic carbocycles. The standard InChI is InChI=1S/C20H18BrN3O4/c1-13-17(18(25)12-23-11-16(21)6-7-19(23)26)9-22-24(13)10-14-4-3-5-15(8-14)20(27)28-2/h3-9,11H,10,12H2,1-2H3. The van der Waals surface area contributed by atoms with Gasteiger partial charge in [-0.2, -0.15) is 5.10 Å². The minimum Gasteiger partial charge on any atom is -0.465 e. The molecule has 0 unspecified atom stereocenters. The SMILES string of the molecule is COC(=O)c1cccc(Cn2ncc(C(=O)Cn3cc(Br)ccc3=O)c2C)c1. The number of nitrogens with zero attached hydrogens (tertiary/aromatic N) is 3. The fraction of sp³-hybridized carbons (Fsp3) is 0.200. The summed E-state index contributed by atoms with van der Waals surface area (Å²) >= 11 is 3.30. The summed E-state index contributed by atoms with van der Waals surface area (Å²) in [7, 11) is 1.33. The van der Waals surface area contributed by atoms with E-state index in [9.17, 15) is 14.4 Å². The monoisotopic (exact) mass is 443 g/mol. The summed E-state index contributed by atoms with van der Waals surface area (Å²) in [5.74, 6) is -0.610. The number of carbonyl (C=O) groups is 2. The van der Waals surface area contributed by atoms with Crippen LogP contribution in [0.2, 0.25) is 0 Å². The van der Waals surface area contributed by atoms with Crippen molar-refractivity contribution in [3.8, 4) is 0 Å². The molecule has 0 radical (unpaired) electrons. The van der Waals surface area contributed by atoms with E-state index in [1.807, 2.05) is 6.07 Å². The third-order valence-corrected chi connectivity index (χ3v) is 4.81. The van der Waals surface area contributed by atoms with Crippen LogP contribution < -0.4 is 5.56 Å². The van der Waals surface area contributed by atoms with Gasteiger partial charge in [0.2, 0.25) is 0 Å². The molecule has 0 saturated heterocycles. The Labute approximate surface area is 169 Å². The van der Waals surface area contributed by atoms with Crippen LogP contribution in [-0.2, 0) is 17.8 Å². The summed E-state index contributed by atoms with van der Waals surface area (Å²) in [4.78, 5) is 36.3. The Morgan fingerprint density at radius 1 is 1.21 bits per heavy atom. The van der Waals surface area contributed by atoms with Crippen LogP contribution >= 0.6 is 15.9 Å². The van der Waals surface area contributed by atoms with Crippen molar-refractivity contribution in [2.24, 2.45) is 0 Å². The van der Waals surface area contributed by atoms with Crippen molar-refractivity contribution in [1.29, 1.82) is 0 Å². The van der Waals surface area contributed by atoms with Crippen LogP contribution in [0.1, 0.15) is 32.0 Å². The molecule has 0 aliphatic heterocycles. The number of methoxy groups -OCH3 is 1. The number of pyridine rings is 1. The Bertz CT molecular complexity index is 1100. The van der Waals surface area contributed by atoms with Gasteiger partial charge in [-0.05, 0) is 46.6 Å². The van der Waals surface area contributed by atoms with Crippen LogP contribution in [0.3, 0.4) is 0 Å². The van der Waals surface area contributed by atoms with Gasteiger partial charge in [0.15, 0.2) is 5.78 Å². The molecule has 0 amide bonds. The van der Waals surface area contributed by atoms with Crippen molar-refractivity contribution in [3.63, 3.8) is 0 Å². The Morgan fingerprint density at radius 2 is 2.00 bits per heavy atom. The second-order valence-corrected chi connectivity index (χ2v) is 7.15. The summed E-state index contributed by atoms with van der Waals surface area (Å²) < 4.78 is 8.50. The molecule has 28 heavy (non-hydrogen) atoms. The highest BCUT2D eigenvalue weighted by atomic mass is 79.9. The van der Waals surface area contributed by atoms with E-state index in [4.69, 9.17) is 4.74 Å². The van der Waals surface area contributed by atoms with Crippen LogP contribution in [0.4, 0.5) is 0 Å². The van der Waals surface area contributed by atoms with Gasteiger partial charge in [0.05, 0.1) is 37.5 Å². The van der Waals surface area contributed by atoms with Crippen molar-refractivity contribution in [2.75, 3.05) is 7.11 Å². The van der Waals surface area contributed by atoms with Gasteiger partial charge in [0.25, 0.3) is 5.56 Å². The number of carbonyl (C=O) groups excluding carboxylic acids is 2. The molecule has 1 aromatic carbocycles. The fourth-order valence-corrected chi connectivity index (χ4v) is 3.21. The van der Waals surface area contributed by atoms with Crippen molar-refractivity contribution >= 4 is 27.7 Å². The van der Waals surface area contributed by atoms with Crippen molar-refractivity contribution in [2.45, 2.75) is 20.0 Å². The molecule has 0 atom stereocenters. The van der Waals surface area contributed by atoms with E-state index in [-0.39, 0.29) is 17.9 Å². The predicted octanol–water partition coefficient (Wildman–Crippen LogP) is 2.83. The van der Waals surface area contributed by atoms with Gasteiger partial charge in [-0.15, -0.1) is 0 Å². The predicted molar refractivity (Wildman–Crippen MR) is 107 cm³/mol. The molecule has 3 rings (SSSR count). The number of rotatable bonds is 6. The molecule has 0 saturated carbocycles. The van der Waals surface area contributed by atoms with Crippen LogP contribution in [0.15, 0.2) is 58.1 Å². The van der Waals surface area contributed by atoms with E-state index >= 15 is 0 Å². The number of halogens is 1. The third-order valence-electron chi connectivity index (χ3n) is 4.35. The summed E-state index contributed by atoms with van der Waals surface area (Å²) in [5.41, 5.74) is 2.21. The van der Waals surface area contributed by atoms with E-state index < -0.39 is 5.97 Å². The quantitative estimate of drug-likeness (QED) is 0.432. The maximum absolute atomic E-state index is 12.7. The second kappa shape index (κ2) is 8.35. The molecule has 7 nitrogen and oxygen atoms in total. The van der Waals surface area contributed by atoms with E-state index in [1.165, 1.54) is 23.9 Å². The normalized spacial score (nSPS) is 10.7. The van der Waals surface area contributed by atoms with Gasteiger partial charge in [0.1, 0.15) is 0 Å². The molecular weight excluding hydrogens is 426 g/mol. The summed E-state index contributed by atoms with van der Waals surface area (Å²) in [6.07, 6.45) is 3.09. The minimum absolute atomic E-state index is 0.0668. The van der Waals surface area contributed by atoms with Gasteiger partial charge in [-0.25, -0.2) is 4.79 Å². The number of hydrogen-bond acceptors (Lipinski definition) is 5. The molecule has 2 heterocycles. The molecule has 0 fully saturated rings. The van der Waals surface area contributed by atoms with E-state index in [0.29, 0.717) is 23.4 Å². The first-order valence-corrected chi connectivity index (χ1v) is 9.27. The number of Topliss-reactive ketones (excluding diaryl/α,β-unsaturated/α-hetero) is 1. The smallest absolute Gasteiger partial charge is 0.337 e. The second-order valence-electron chi connectivity index (χ2n) is 6.23. The Morgan fingerprint density at radius 3 is 2.75 bits per heavy atom. The average molecular weight is 444 g/mol. The number of ketones is 1. The highest BCUT2D eigenvalue weighted by Crippen LogP contribution is 2.14. The molecule has 3 aromatic rings. The van der Waals surface area contributed by atoms with E-state index in [2.05, 4.69) is 21.0 Å². The lowest BCUT2D eigenvalue weighted by molar-refractivity contribution is 0.0600. The fourth-order valence-electron chi connectivity index (χ4n) is 2.83. The Kier molecular flexibility index (Phi) is 5.89. The zero-order valence-electron chi connectivity index (χ0n) is 15.4. The minimum atomic E-state index is -0.408. The van der Waals surface area contributed by atoms with Gasteiger partial charge in [-0.3, -0.25) is 14.3 Å². The number of benzene rings is 1. The van der Waals surface area contributed by atoms with Gasteiger partial charge in [-0.1, -0.05) is 12.1 Å². The molecule has 0 spiro atoms. The summed E-state index contributed by atoms with van der Waals surface area (Å²) in [6, 6.07) is 10.1. The maximum Gasteiger partial charge on any atom is 0.337 e. The van der Waals surface area contributed by atoms with Crippen LogP contribution in [-0.4, -0.2) is 33.2 Å². The first-order valence-electron chi connectivity index (χ1n) is 8.48. The molecular formula is C20H18BrN3O4. The van der Waals surface area contributed by atoms with E-state index in [0.717, 1.165) is 10.0 Å². The largest absolute Gasteiger partial charge is 0.465 e. The molecule has 8 heteroatoms. The lowest BCUT2D eigenvalue weighted by Gasteiger charge is -2.08. The van der Waals surface area contributed by atoms with Crippen LogP contribution in [0.25, 0.3) is 0 Å². The topological polar surface area (TPSA) is 83.2 Å². The lowest BCUT2D eigenvalue weighted by Crippen LogP contribution is -2.23. The Hall–Kier alpha value is -3.00. The van der Waals surface area contributed by atoms with Crippen LogP contribution in [0.5, 0.6) is 0 Å². The zero-order chi connectivity index (χ0) is 20.3. The first kappa shape index (κ1) is 19.8. The highest BCUT2D eigenvalue weighted by Gasteiger charge is 2.16. The summed E-state index contributed by atoms with van der Waals surface area (Å²) in [6.45, 7) is 2.14. The maximum atomic E-state index is 12.7. The number of esters is 1. The third kappa shape index (κ3) is 4.28. The molecule has 0 bridgehead atoms. The molecule has 0 N–H and O–H groups in total. The lowest BCUT2D eigenvalue weighted by atomic mass is 10.1. The number of ether oxygens (including phenoxy) is 1. The van der Waals surface area contributed by atoms with Gasteiger partial charge in [0, 0.05) is 22.4 Å². The number of aromatic nitrogens is 3. The van der Waals surface area contributed by atoms with Crippen LogP contribution in [0, 0.1) is 6.92 Å². The van der Waals surface area contributed by atoms with Crippen molar-refractivity contribution in [3.05, 3.63) is 86.0 Å². The Balaban J connectivity index is 1.80. The van der Waals surface area contributed by atoms with E-state index in [1.54, 1.807) is 42.1 Å². The van der Waals surface area contributed by atoms with Gasteiger partial charge < -0.3 is 9.30 Å². The first-order chi connectivity index (χ1) is 13.4. The molecule has 144 valence electrons. The highest BCUT2D eigenvalue weighted by molar-refractivity contribution is 9.10. The van der Waals surface area contributed by atoms with Crippen molar-refractivity contribution in [1.82, 2.24) is 14.3 Å². The summed E-state index contributed by atoms with van der Waals surface area (Å²) in [5, 5.41) is 4.29.